The molecule has 1 saturated heterocycles. The maximum atomic E-state index is 5.63. The molecule has 96 valence electrons. The second-order valence-electron chi connectivity index (χ2n) is 4.32. The standard InChI is InChI=1S/C12H25NO3/c1-11(15-8-4-6-14-2)9-13-10-12-5-3-7-16-12/h11-13H,3-10H2,1-2H3. The minimum atomic E-state index is 0.262. The monoisotopic (exact) mass is 231 g/mol. The van der Waals surface area contributed by atoms with Crippen LogP contribution in [-0.2, 0) is 14.2 Å². The zero-order valence-electron chi connectivity index (χ0n) is 10.5. The lowest BCUT2D eigenvalue weighted by atomic mass is 10.2. The maximum absolute atomic E-state index is 5.63. The third-order valence-corrected chi connectivity index (χ3v) is 2.72. The molecule has 16 heavy (non-hydrogen) atoms. The van der Waals surface area contributed by atoms with Crippen LogP contribution in [0.5, 0.6) is 0 Å². The lowest BCUT2D eigenvalue weighted by Gasteiger charge is -2.16. The smallest absolute Gasteiger partial charge is 0.0700 e. The van der Waals surface area contributed by atoms with Gasteiger partial charge in [0.05, 0.1) is 12.2 Å². The van der Waals surface area contributed by atoms with Gasteiger partial charge in [0.2, 0.25) is 0 Å². The molecule has 1 fully saturated rings. The van der Waals surface area contributed by atoms with Crippen LogP contribution >= 0.6 is 0 Å². The third kappa shape index (κ3) is 6.43. The zero-order valence-corrected chi connectivity index (χ0v) is 10.5. The first-order chi connectivity index (χ1) is 7.83. The SMILES string of the molecule is COCCCOC(C)CNCC1CCCO1. The molecule has 1 rings (SSSR count). The Labute approximate surface area is 98.6 Å². The predicted molar refractivity (Wildman–Crippen MR) is 63.8 cm³/mol. The molecule has 0 aromatic rings. The van der Waals surface area contributed by atoms with Crippen LogP contribution in [0.1, 0.15) is 26.2 Å². The lowest BCUT2D eigenvalue weighted by Crippen LogP contribution is -2.33. The van der Waals surface area contributed by atoms with Crippen LogP contribution in [0.4, 0.5) is 0 Å². The fraction of sp³-hybridized carbons (Fsp3) is 1.00. The molecular weight excluding hydrogens is 206 g/mol. The molecule has 2 atom stereocenters. The van der Waals surface area contributed by atoms with E-state index in [1.54, 1.807) is 7.11 Å². The van der Waals surface area contributed by atoms with E-state index in [1.807, 2.05) is 0 Å². The summed E-state index contributed by atoms with van der Waals surface area (Å²) in [4.78, 5) is 0. The first-order valence-corrected chi connectivity index (χ1v) is 6.25. The van der Waals surface area contributed by atoms with Crippen molar-refractivity contribution in [2.24, 2.45) is 0 Å². The molecule has 0 aromatic heterocycles. The second kappa shape index (κ2) is 8.93. The van der Waals surface area contributed by atoms with Gasteiger partial charge in [0.15, 0.2) is 0 Å². The first kappa shape index (κ1) is 13.9. The number of hydrogen-bond acceptors (Lipinski definition) is 4. The number of rotatable bonds is 9. The van der Waals surface area contributed by atoms with Gasteiger partial charge in [-0.25, -0.2) is 0 Å². The third-order valence-electron chi connectivity index (χ3n) is 2.72. The van der Waals surface area contributed by atoms with Crippen LogP contribution in [0.15, 0.2) is 0 Å². The van der Waals surface area contributed by atoms with E-state index in [9.17, 15) is 0 Å². The molecule has 0 spiro atoms. The van der Waals surface area contributed by atoms with E-state index < -0.39 is 0 Å². The predicted octanol–water partition coefficient (Wildman–Crippen LogP) is 1.20. The Morgan fingerprint density at radius 3 is 3.00 bits per heavy atom. The molecule has 1 N–H and O–H groups in total. The highest BCUT2D eigenvalue weighted by molar-refractivity contribution is 4.68. The van der Waals surface area contributed by atoms with Crippen LogP contribution in [0, 0.1) is 0 Å². The van der Waals surface area contributed by atoms with Gasteiger partial charge in [0.25, 0.3) is 0 Å². The van der Waals surface area contributed by atoms with Gasteiger partial charge >= 0.3 is 0 Å². The summed E-state index contributed by atoms with van der Waals surface area (Å²) in [7, 11) is 1.71. The molecule has 4 nitrogen and oxygen atoms in total. The molecular formula is C12H25NO3. The molecule has 2 unspecified atom stereocenters. The van der Waals surface area contributed by atoms with E-state index >= 15 is 0 Å². The lowest BCUT2D eigenvalue weighted by molar-refractivity contribution is 0.0467. The summed E-state index contributed by atoms with van der Waals surface area (Å²) in [5, 5.41) is 3.39. The number of hydrogen-bond donors (Lipinski definition) is 1. The van der Waals surface area contributed by atoms with Crippen LogP contribution in [-0.4, -0.2) is 52.2 Å². The van der Waals surface area contributed by atoms with E-state index in [0.717, 1.165) is 39.3 Å². The van der Waals surface area contributed by atoms with Gasteiger partial charge < -0.3 is 19.5 Å². The summed E-state index contributed by atoms with van der Waals surface area (Å²) in [5.41, 5.74) is 0. The van der Waals surface area contributed by atoms with Crippen molar-refractivity contribution in [3.63, 3.8) is 0 Å². The van der Waals surface area contributed by atoms with Crippen molar-refractivity contribution in [1.29, 1.82) is 0 Å². The van der Waals surface area contributed by atoms with Crippen molar-refractivity contribution in [2.75, 3.05) is 40.0 Å². The molecule has 0 amide bonds. The number of nitrogens with one attached hydrogen (secondary N) is 1. The fourth-order valence-corrected chi connectivity index (χ4v) is 1.80. The van der Waals surface area contributed by atoms with Gasteiger partial charge in [-0.15, -0.1) is 0 Å². The highest BCUT2D eigenvalue weighted by Gasteiger charge is 2.14. The molecule has 0 aromatic carbocycles. The van der Waals surface area contributed by atoms with E-state index in [1.165, 1.54) is 12.8 Å². The van der Waals surface area contributed by atoms with Crippen LogP contribution in [0.2, 0.25) is 0 Å². The van der Waals surface area contributed by atoms with E-state index in [4.69, 9.17) is 14.2 Å². The molecule has 0 bridgehead atoms. The van der Waals surface area contributed by atoms with Gasteiger partial charge in [0, 0.05) is 40.0 Å². The van der Waals surface area contributed by atoms with Crippen LogP contribution in [0.25, 0.3) is 0 Å². The van der Waals surface area contributed by atoms with Crippen molar-refractivity contribution in [1.82, 2.24) is 5.32 Å². The molecule has 0 saturated carbocycles. The largest absolute Gasteiger partial charge is 0.385 e. The second-order valence-corrected chi connectivity index (χ2v) is 4.32. The Balaban J connectivity index is 1.87. The average Bonchev–Trinajstić information content (AvgIpc) is 2.77. The molecule has 1 aliphatic rings. The summed E-state index contributed by atoms with van der Waals surface area (Å²) in [6.07, 6.45) is 4.04. The highest BCUT2D eigenvalue weighted by atomic mass is 16.5. The first-order valence-electron chi connectivity index (χ1n) is 6.25. The van der Waals surface area contributed by atoms with Crippen molar-refractivity contribution >= 4 is 0 Å². The van der Waals surface area contributed by atoms with Gasteiger partial charge in [-0.2, -0.15) is 0 Å². The maximum Gasteiger partial charge on any atom is 0.0700 e. The summed E-state index contributed by atoms with van der Waals surface area (Å²) in [6.45, 7) is 6.41. The number of ether oxygens (including phenoxy) is 3. The van der Waals surface area contributed by atoms with Crippen molar-refractivity contribution in [3.05, 3.63) is 0 Å². The summed E-state index contributed by atoms with van der Waals surface area (Å²) >= 11 is 0. The fourth-order valence-electron chi connectivity index (χ4n) is 1.80. The molecule has 1 aliphatic heterocycles. The van der Waals surface area contributed by atoms with Crippen LogP contribution in [0.3, 0.4) is 0 Å². The zero-order chi connectivity index (χ0) is 11.6. The van der Waals surface area contributed by atoms with Crippen molar-refractivity contribution < 1.29 is 14.2 Å². The molecule has 1 heterocycles. The number of methoxy groups -OCH3 is 1. The Hall–Kier alpha value is -0.160. The minimum Gasteiger partial charge on any atom is -0.385 e. The molecule has 0 aliphatic carbocycles. The van der Waals surface area contributed by atoms with E-state index in [0.29, 0.717) is 6.10 Å². The van der Waals surface area contributed by atoms with Gasteiger partial charge in [0.1, 0.15) is 0 Å². The van der Waals surface area contributed by atoms with E-state index in [-0.39, 0.29) is 6.10 Å². The molecule has 0 radical (unpaired) electrons. The quantitative estimate of drug-likeness (QED) is 0.605. The van der Waals surface area contributed by atoms with Gasteiger partial charge in [-0.05, 0) is 26.2 Å². The topological polar surface area (TPSA) is 39.7 Å². The van der Waals surface area contributed by atoms with Crippen molar-refractivity contribution in [2.45, 2.75) is 38.4 Å². The summed E-state index contributed by atoms with van der Waals surface area (Å²) in [6, 6.07) is 0. The normalized spacial score (nSPS) is 22.5. The summed E-state index contributed by atoms with van der Waals surface area (Å²) in [5.74, 6) is 0. The van der Waals surface area contributed by atoms with Crippen molar-refractivity contribution in [3.8, 4) is 0 Å². The van der Waals surface area contributed by atoms with E-state index in [2.05, 4.69) is 12.2 Å². The Kier molecular flexibility index (Phi) is 7.76. The van der Waals surface area contributed by atoms with Crippen LogP contribution < -0.4 is 5.32 Å². The van der Waals surface area contributed by atoms with Gasteiger partial charge in [-0.1, -0.05) is 0 Å². The Bertz CT molecular complexity index is 160. The minimum absolute atomic E-state index is 0.262. The van der Waals surface area contributed by atoms with Gasteiger partial charge in [-0.3, -0.25) is 0 Å². The Morgan fingerprint density at radius 2 is 2.31 bits per heavy atom. The Morgan fingerprint density at radius 1 is 1.44 bits per heavy atom. The molecule has 4 heteroatoms. The summed E-state index contributed by atoms with van der Waals surface area (Å²) < 4.78 is 16.1. The highest BCUT2D eigenvalue weighted by Crippen LogP contribution is 2.10. The average molecular weight is 231 g/mol.